The molecule has 0 atom stereocenters. The predicted octanol–water partition coefficient (Wildman–Crippen LogP) is 4.15. The summed E-state index contributed by atoms with van der Waals surface area (Å²) in [6, 6.07) is 0. The molecule has 0 spiro atoms. The first-order chi connectivity index (χ1) is 6.93. The Morgan fingerprint density at radius 1 is 1.00 bits per heavy atom. The lowest BCUT2D eigenvalue weighted by atomic mass is 9.90. The normalized spacial score (nSPS) is 18.6. The lowest BCUT2D eigenvalue weighted by Gasteiger charge is -2.21. The van der Waals surface area contributed by atoms with Crippen LogP contribution in [-0.2, 0) is 4.74 Å². The average Bonchev–Trinajstić information content (AvgIpc) is 2.25. The highest BCUT2D eigenvalue weighted by molar-refractivity contribution is 9.09. The zero-order valence-electron chi connectivity index (χ0n) is 9.14. The van der Waals surface area contributed by atoms with Crippen LogP contribution in [0.4, 0.5) is 0 Å². The third kappa shape index (κ3) is 6.02. The summed E-state index contributed by atoms with van der Waals surface area (Å²) in [7, 11) is 0. The Balaban J connectivity index is 1.82. The standard InChI is InChI=1S/C12H23BrO/c13-9-5-2-6-10-14-11-12-7-3-1-4-8-12/h12H,1-11H2. The van der Waals surface area contributed by atoms with Crippen molar-refractivity contribution < 1.29 is 4.74 Å². The molecule has 0 N–H and O–H groups in total. The molecular formula is C12H23BrO. The maximum atomic E-state index is 5.70. The average molecular weight is 263 g/mol. The Kier molecular flexibility index (Phi) is 7.80. The van der Waals surface area contributed by atoms with Gasteiger partial charge in [-0.3, -0.25) is 0 Å². The number of ether oxygens (including phenoxy) is 1. The molecular weight excluding hydrogens is 240 g/mol. The SMILES string of the molecule is BrCCCCCOCC1CCCCC1. The third-order valence-corrected chi connectivity index (χ3v) is 3.56. The van der Waals surface area contributed by atoms with E-state index in [2.05, 4.69) is 15.9 Å². The number of alkyl halides is 1. The molecule has 14 heavy (non-hydrogen) atoms. The van der Waals surface area contributed by atoms with Crippen LogP contribution in [0.1, 0.15) is 51.4 Å². The highest BCUT2D eigenvalue weighted by Gasteiger charge is 2.12. The van der Waals surface area contributed by atoms with E-state index >= 15 is 0 Å². The Hall–Kier alpha value is 0.440. The van der Waals surface area contributed by atoms with Gasteiger partial charge in [0.25, 0.3) is 0 Å². The van der Waals surface area contributed by atoms with Gasteiger partial charge in [-0.1, -0.05) is 41.6 Å². The Morgan fingerprint density at radius 3 is 2.50 bits per heavy atom. The fourth-order valence-electron chi connectivity index (χ4n) is 2.08. The van der Waals surface area contributed by atoms with E-state index in [-0.39, 0.29) is 0 Å². The molecule has 1 rings (SSSR count). The van der Waals surface area contributed by atoms with Crippen molar-refractivity contribution in [1.29, 1.82) is 0 Å². The molecule has 0 amide bonds. The van der Waals surface area contributed by atoms with Crippen LogP contribution < -0.4 is 0 Å². The van der Waals surface area contributed by atoms with Crippen molar-refractivity contribution in [2.24, 2.45) is 5.92 Å². The number of rotatable bonds is 7. The molecule has 0 aromatic heterocycles. The fourth-order valence-corrected chi connectivity index (χ4v) is 2.48. The van der Waals surface area contributed by atoms with Crippen LogP contribution in [0.15, 0.2) is 0 Å². The van der Waals surface area contributed by atoms with Crippen molar-refractivity contribution in [1.82, 2.24) is 0 Å². The molecule has 2 heteroatoms. The minimum absolute atomic E-state index is 0.875. The number of hydrogen-bond acceptors (Lipinski definition) is 1. The zero-order chi connectivity index (χ0) is 10.1. The molecule has 0 saturated heterocycles. The first-order valence-corrected chi connectivity index (χ1v) is 7.19. The van der Waals surface area contributed by atoms with Crippen LogP contribution in [0, 0.1) is 5.92 Å². The zero-order valence-corrected chi connectivity index (χ0v) is 10.7. The van der Waals surface area contributed by atoms with E-state index in [1.54, 1.807) is 0 Å². The highest BCUT2D eigenvalue weighted by Crippen LogP contribution is 2.23. The maximum absolute atomic E-state index is 5.70. The molecule has 0 heterocycles. The summed E-state index contributed by atoms with van der Waals surface area (Å²) in [4.78, 5) is 0. The molecule has 0 bridgehead atoms. The van der Waals surface area contributed by atoms with Crippen molar-refractivity contribution >= 4 is 15.9 Å². The molecule has 1 nitrogen and oxygen atoms in total. The second-order valence-electron chi connectivity index (χ2n) is 4.33. The first-order valence-electron chi connectivity index (χ1n) is 6.07. The second kappa shape index (κ2) is 8.72. The van der Waals surface area contributed by atoms with Gasteiger partial charge in [-0.15, -0.1) is 0 Å². The van der Waals surface area contributed by atoms with Crippen molar-refractivity contribution in [2.75, 3.05) is 18.5 Å². The van der Waals surface area contributed by atoms with Gasteiger partial charge in [0.15, 0.2) is 0 Å². The van der Waals surface area contributed by atoms with E-state index in [4.69, 9.17) is 4.74 Å². The van der Waals surface area contributed by atoms with E-state index in [1.165, 1.54) is 51.4 Å². The van der Waals surface area contributed by atoms with Crippen LogP contribution in [0.3, 0.4) is 0 Å². The monoisotopic (exact) mass is 262 g/mol. The molecule has 0 aromatic carbocycles. The van der Waals surface area contributed by atoms with Gasteiger partial charge in [-0.2, -0.15) is 0 Å². The molecule has 84 valence electrons. The predicted molar refractivity (Wildman–Crippen MR) is 65.0 cm³/mol. The molecule has 1 fully saturated rings. The van der Waals surface area contributed by atoms with Gasteiger partial charge < -0.3 is 4.74 Å². The minimum Gasteiger partial charge on any atom is -0.381 e. The highest BCUT2D eigenvalue weighted by atomic mass is 79.9. The molecule has 1 saturated carbocycles. The van der Waals surface area contributed by atoms with Crippen molar-refractivity contribution in [3.8, 4) is 0 Å². The first kappa shape index (κ1) is 12.5. The van der Waals surface area contributed by atoms with Gasteiger partial charge >= 0.3 is 0 Å². The second-order valence-corrected chi connectivity index (χ2v) is 5.12. The van der Waals surface area contributed by atoms with E-state index < -0.39 is 0 Å². The number of hydrogen-bond donors (Lipinski definition) is 0. The summed E-state index contributed by atoms with van der Waals surface area (Å²) in [5, 5.41) is 1.13. The van der Waals surface area contributed by atoms with Crippen LogP contribution in [0.25, 0.3) is 0 Å². The van der Waals surface area contributed by atoms with E-state index in [0.717, 1.165) is 24.5 Å². The minimum atomic E-state index is 0.875. The van der Waals surface area contributed by atoms with Gasteiger partial charge in [0.05, 0.1) is 0 Å². The lowest BCUT2D eigenvalue weighted by molar-refractivity contribution is 0.0827. The van der Waals surface area contributed by atoms with E-state index in [0.29, 0.717) is 0 Å². The van der Waals surface area contributed by atoms with Crippen molar-refractivity contribution in [2.45, 2.75) is 51.4 Å². The van der Waals surface area contributed by atoms with Crippen molar-refractivity contribution in [3.63, 3.8) is 0 Å². The molecule has 1 aliphatic carbocycles. The molecule has 0 unspecified atom stereocenters. The Bertz CT molecular complexity index is 121. The summed E-state index contributed by atoms with van der Waals surface area (Å²) in [5.74, 6) is 0.875. The summed E-state index contributed by atoms with van der Waals surface area (Å²) >= 11 is 3.44. The third-order valence-electron chi connectivity index (χ3n) is 3.00. The van der Waals surface area contributed by atoms with Crippen LogP contribution in [-0.4, -0.2) is 18.5 Å². The van der Waals surface area contributed by atoms with Gasteiger partial charge in [0.2, 0.25) is 0 Å². The molecule has 0 aliphatic heterocycles. The topological polar surface area (TPSA) is 9.23 Å². The van der Waals surface area contributed by atoms with Crippen molar-refractivity contribution in [3.05, 3.63) is 0 Å². The van der Waals surface area contributed by atoms with Gasteiger partial charge in [0.1, 0.15) is 0 Å². The summed E-state index contributed by atoms with van der Waals surface area (Å²) < 4.78 is 5.70. The summed E-state index contributed by atoms with van der Waals surface area (Å²) in [5.41, 5.74) is 0. The van der Waals surface area contributed by atoms with E-state index in [1.807, 2.05) is 0 Å². The fraction of sp³-hybridized carbons (Fsp3) is 1.00. The van der Waals surface area contributed by atoms with Crippen LogP contribution >= 0.6 is 15.9 Å². The van der Waals surface area contributed by atoms with Gasteiger partial charge in [0, 0.05) is 18.5 Å². The maximum Gasteiger partial charge on any atom is 0.0494 e. The smallest absolute Gasteiger partial charge is 0.0494 e. The quantitative estimate of drug-likeness (QED) is 0.495. The van der Waals surface area contributed by atoms with Crippen LogP contribution in [0.5, 0.6) is 0 Å². The Labute approximate surface area is 96.7 Å². The molecule has 0 aromatic rings. The number of halogens is 1. The number of unbranched alkanes of at least 4 members (excludes halogenated alkanes) is 2. The summed E-state index contributed by atoms with van der Waals surface area (Å²) in [6.07, 6.45) is 10.9. The molecule has 1 aliphatic rings. The van der Waals surface area contributed by atoms with Crippen LogP contribution in [0.2, 0.25) is 0 Å². The largest absolute Gasteiger partial charge is 0.381 e. The van der Waals surface area contributed by atoms with Gasteiger partial charge in [-0.05, 0) is 31.6 Å². The van der Waals surface area contributed by atoms with Gasteiger partial charge in [-0.25, -0.2) is 0 Å². The van der Waals surface area contributed by atoms with E-state index in [9.17, 15) is 0 Å². The summed E-state index contributed by atoms with van der Waals surface area (Å²) in [6.45, 7) is 2.00. The molecule has 0 radical (unpaired) electrons. The lowest BCUT2D eigenvalue weighted by Crippen LogP contribution is -2.13. The Morgan fingerprint density at radius 2 is 1.79 bits per heavy atom.